The Morgan fingerprint density at radius 2 is 2.14 bits per heavy atom. The van der Waals surface area contributed by atoms with Gasteiger partial charge in [-0.25, -0.2) is 4.98 Å². The van der Waals surface area contributed by atoms with Gasteiger partial charge in [-0.05, 0) is 25.3 Å². The Hall–Kier alpha value is -1.13. The third kappa shape index (κ3) is 3.38. The van der Waals surface area contributed by atoms with Gasteiger partial charge in [0.1, 0.15) is 0 Å². The highest BCUT2D eigenvalue weighted by atomic mass is 16.5. The SMILES string of the molecule is COc1ccc(CN2CC3(CCCCC3)NCC2C)cn1. The van der Waals surface area contributed by atoms with Gasteiger partial charge in [0.25, 0.3) is 0 Å². The van der Waals surface area contributed by atoms with E-state index >= 15 is 0 Å². The normalized spacial score (nSPS) is 25.9. The van der Waals surface area contributed by atoms with E-state index in [2.05, 4.69) is 28.2 Å². The van der Waals surface area contributed by atoms with Gasteiger partial charge in [0.2, 0.25) is 5.88 Å². The van der Waals surface area contributed by atoms with Crippen molar-refractivity contribution in [3.8, 4) is 5.88 Å². The number of hydrogen-bond donors (Lipinski definition) is 1. The largest absolute Gasteiger partial charge is 0.481 e. The molecule has 0 radical (unpaired) electrons. The van der Waals surface area contributed by atoms with Gasteiger partial charge in [0, 0.05) is 43.5 Å². The average Bonchev–Trinajstić information content (AvgIpc) is 2.53. The molecule has 4 nitrogen and oxygen atoms in total. The van der Waals surface area contributed by atoms with Crippen LogP contribution < -0.4 is 10.1 Å². The Kier molecular flexibility index (Phi) is 4.45. The molecule has 21 heavy (non-hydrogen) atoms. The third-order valence-corrected chi connectivity index (χ3v) is 5.10. The molecular formula is C17H27N3O. The highest BCUT2D eigenvalue weighted by Crippen LogP contribution is 2.32. The molecule has 1 aromatic rings. The van der Waals surface area contributed by atoms with Crippen LogP contribution in [0.3, 0.4) is 0 Å². The number of hydrogen-bond acceptors (Lipinski definition) is 4. The molecule has 0 bridgehead atoms. The number of pyridine rings is 1. The van der Waals surface area contributed by atoms with Crippen LogP contribution >= 0.6 is 0 Å². The first kappa shape index (κ1) is 14.8. The maximum atomic E-state index is 5.14. The molecule has 2 heterocycles. The minimum Gasteiger partial charge on any atom is -0.481 e. The summed E-state index contributed by atoms with van der Waals surface area (Å²) in [5.41, 5.74) is 1.64. The first-order valence-corrected chi connectivity index (χ1v) is 8.19. The van der Waals surface area contributed by atoms with E-state index in [4.69, 9.17) is 4.74 Å². The summed E-state index contributed by atoms with van der Waals surface area (Å²) in [5.74, 6) is 0.691. The van der Waals surface area contributed by atoms with E-state index in [0.717, 1.165) is 13.1 Å². The van der Waals surface area contributed by atoms with Crippen molar-refractivity contribution in [1.29, 1.82) is 0 Å². The molecule has 2 fully saturated rings. The van der Waals surface area contributed by atoms with Crippen molar-refractivity contribution in [3.63, 3.8) is 0 Å². The summed E-state index contributed by atoms with van der Waals surface area (Å²) >= 11 is 0. The number of rotatable bonds is 3. The standard InChI is InChI=1S/C17H27N3O/c1-14-10-19-17(8-4-3-5-9-17)13-20(14)12-15-6-7-16(21-2)18-11-15/h6-7,11,14,19H,3-5,8-10,12-13H2,1-2H3. The van der Waals surface area contributed by atoms with Gasteiger partial charge < -0.3 is 10.1 Å². The maximum Gasteiger partial charge on any atom is 0.212 e. The second kappa shape index (κ2) is 6.32. The minimum absolute atomic E-state index is 0.366. The van der Waals surface area contributed by atoms with Crippen LogP contribution in [0.25, 0.3) is 0 Å². The van der Waals surface area contributed by atoms with Gasteiger partial charge >= 0.3 is 0 Å². The Morgan fingerprint density at radius 1 is 1.33 bits per heavy atom. The van der Waals surface area contributed by atoms with Crippen LogP contribution in [0.4, 0.5) is 0 Å². The zero-order valence-corrected chi connectivity index (χ0v) is 13.3. The number of piperazine rings is 1. The summed E-state index contributed by atoms with van der Waals surface area (Å²) in [6, 6.07) is 4.67. The topological polar surface area (TPSA) is 37.4 Å². The molecule has 1 unspecified atom stereocenters. The van der Waals surface area contributed by atoms with Crippen molar-refractivity contribution in [3.05, 3.63) is 23.9 Å². The quantitative estimate of drug-likeness (QED) is 0.928. The number of ether oxygens (including phenoxy) is 1. The lowest BCUT2D eigenvalue weighted by molar-refractivity contribution is 0.0572. The van der Waals surface area contributed by atoms with E-state index < -0.39 is 0 Å². The van der Waals surface area contributed by atoms with Gasteiger partial charge in [0.05, 0.1) is 7.11 Å². The summed E-state index contributed by atoms with van der Waals surface area (Å²) < 4.78 is 5.14. The predicted molar refractivity (Wildman–Crippen MR) is 84.5 cm³/mol. The van der Waals surface area contributed by atoms with Crippen LogP contribution in [-0.2, 0) is 6.54 Å². The van der Waals surface area contributed by atoms with Crippen LogP contribution in [0.5, 0.6) is 5.88 Å². The molecule has 1 aromatic heterocycles. The fraction of sp³-hybridized carbons (Fsp3) is 0.706. The molecule has 1 saturated carbocycles. The fourth-order valence-corrected chi connectivity index (χ4v) is 3.73. The first-order chi connectivity index (χ1) is 10.2. The molecule has 0 aromatic carbocycles. The van der Waals surface area contributed by atoms with Gasteiger partial charge in [-0.3, -0.25) is 4.90 Å². The molecule has 1 saturated heterocycles. The molecule has 1 spiro atoms. The Morgan fingerprint density at radius 3 is 2.81 bits per heavy atom. The van der Waals surface area contributed by atoms with Crippen LogP contribution in [0.1, 0.15) is 44.6 Å². The van der Waals surface area contributed by atoms with Gasteiger partial charge in [-0.1, -0.05) is 25.3 Å². The molecule has 0 amide bonds. The highest BCUT2D eigenvalue weighted by molar-refractivity contribution is 5.18. The van der Waals surface area contributed by atoms with Crippen molar-refractivity contribution in [2.45, 2.75) is 57.2 Å². The highest BCUT2D eigenvalue weighted by Gasteiger charge is 2.38. The summed E-state index contributed by atoms with van der Waals surface area (Å²) in [6.07, 6.45) is 8.76. The number of nitrogens with zero attached hydrogens (tertiary/aromatic N) is 2. The first-order valence-electron chi connectivity index (χ1n) is 8.19. The second-order valence-electron chi connectivity index (χ2n) is 6.68. The van der Waals surface area contributed by atoms with Gasteiger partial charge in [0.15, 0.2) is 0 Å². The number of aromatic nitrogens is 1. The second-order valence-corrected chi connectivity index (χ2v) is 6.68. The van der Waals surface area contributed by atoms with Crippen LogP contribution in [-0.4, -0.2) is 41.7 Å². The van der Waals surface area contributed by atoms with Crippen molar-refractivity contribution in [2.24, 2.45) is 0 Å². The zero-order chi connectivity index (χ0) is 14.7. The van der Waals surface area contributed by atoms with Crippen LogP contribution in [0.15, 0.2) is 18.3 Å². The summed E-state index contributed by atoms with van der Waals surface area (Å²) in [4.78, 5) is 6.94. The monoisotopic (exact) mass is 289 g/mol. The minimum atomic E-state index is 0.366. The van der Waals surface area contributed by atoms with Gasteiger partial charge in [-0.15, -0.1) is 0 Å². The molecule has 116 valence electrons. The van der Waals surface area contributed by atoms with Crippen molar-refractivity contribution in [1.82, 2.24) is 15.2 Å². The zero-order valence-electron chi connectivity index (χ0n) is 13.3. The lowest BCUT2D eigenvalue weighted by Crippen LogP contribution is -2.63. The lowest BCUT2D eigenvalue weighted by atomic mass is 9.79. The Balaban J connectivity index is 1.67. The molecule has 1 aliphatic carbocycles. The molecule has 1 atom stereocenters. The number of methoxy groups -OCH3 is 1. The maximum absolute atomic E-state index is 5.14. The molecular weight excluding hydrogens is 262 g/mol. The number of nitrogens with one attached hydrogen (secondary N) is 1. The molecule has 4 heteroatoms. The Bertz CT molecular complexity index is 454. The molecule has 1 N–H and O–H groups in total. The average molecular weight is 289 g/mol. The van der Waals surface area contributed by atoms with Crippen molar-refractivity contribution in [2.75, 3.05) is 20.2 Å². The van der Waals surface area contributed by atoms with Crippen LogP contribution in [0.2, 0.25) is 0 Å². The predicted octanol–water partition coefficient (Wildman–Crippen LogP) is 2.59. The van der Waals surface area contributed by atoms with Crippen molar-refractivity contribution < 1.29 is 4.74 Å². The van der Waals surface area contributed by atoms with Gasteiger partial charge in [-0.2, -0.15) is 0 Å². The van der Waals surface area contributed by atoms with E-state index in [1.165, 1.54) is 44.2 Å². The van der Waals surface area contributed by atoms with E-state index in [1.54, 1.807) is 7.11 Å². The molecule has 1 aliphatic heterocycles. The van der Waals surface area contributed by atoms with Crippen molar-refractivity contribution >= 4 is 0 Å². The van der Waals surface area contributed by atoms with E-state index in [9.17, 15) is 0 Å². The summed E-state index contributed by atoms with van der Waals surface area (Å²) in [7, 11) is 1.66. The smallest absolute Gasteiger partial charge is 0.212 e. The van der Waals surface area contributed by atoms with E-state index in [0.29, 0.717) is 17.5 Å². The summed E-state index contributed by atoms with van der Waals surface area (Å²) in [5, 5.41) is 3.84. The van der Waals surface area contributed by atoms with E-state index in [-0.39, 0.29) is 0 Å². The lowest BCUT2D eigenvalue weighted by Gasteiger charge is -2.49. The molecule has 3 rings (SSSR count). The summed E-state index contributed by atoms with van der Waals surface area (Å²) in [6.45, 7) is 5.57. The Labute approximate surface area is 127 Å². The van der Waals surface area contributed by atoms with Crippen LogP contribution in [0, 0.1) is 0 Å². The van der Waals surface area contributed by atoms with E-state index in [1.807, 2.05) is 12.3 Å². The fourth-order valence-electron chi connectivity index (χ4n) is 3.73. The molecule has 2 aliphatic rings. The third-order valence-electron chi connectivity index (χ3n) is 5.10.